The third kappa shape index (κ3) is 7.34. The van der Waals surface area contributed by atoms with Crippen molar-refractivity contribution in [3.63, 3.8) is 0 Å². The zero-order chi connectivity index (χ0) is 16.3. The topological polar surface area (TPSA) is 39.7 Å². The van der Waals surface area contributed by atoms with Crippen molar-refractivity contribution < 1.29 is 0 Å². The standard InChI is InChI=1S/C18H36N4S/c1-19-18(20-11-6-14-23-2)21-17-9-12-22(13-10-17)15-16-7-4-3-5-8-16/h16-17H,3-15H2,1-2H3,(H2,19,20,21). The van der Waals surface area contributed by atoms with Crippen LogP contribution in [0.2, 0.25) is 0 Å². The number of likely N-dealkylation sites (tertiary alicyclic amines) is 1. The highest BCUT2D eigenvalue weighted by Crippen LogP contribution is 2.25. The molecule has 2 N–H and O–H groups in total. The highest BCUT2D eigenvalue weighted by molar-refractivity contribution is 7.98. The van der Waals surface area contributed by atoms with Gasteiger partial charge in [0.15, 0.2) is 5.96 Å². The lowest BCUT2D eigenvalue weighted by Crippen LogP contribution is -2.49. The zero-order valence-electron chi connectivity index (χ0n) is 15.1. The van der Waals surface area contributed by atoms with E-state index in [-0.39, 0.29) is 0 Å². The highest BCUT2D eigenvalue weighted by Gasteiger charge is 2.23. The molecule has 2 rings (SSSR count). The van der Waals surface area contributed by atoms with Crippen LogP contribution >= 0.6 is 11.8 Å². The van der Waals surface area contributed by atoms with Crippen molar-refractivity contribution in [2.75, 3.05) is 45.2 Å². The molecule has 1 aliphatic heterocycles. The lowest BCUT2D eigenvalue weighted by molar-refractivity contribution is 0.160. The lowest BCUT2D eigenvalue weighted by Gasteiger charge is -2.36. The predicted octanol–water partition coefficient (Wildman–Crippen LogP) is 2.95. The quantitative estimate of drug-likeness (QED) is 0.425. The zero-order valence-corrected chi connectivity index (χ0v) is 16.0. The Morgan fingerprint density at radius 3 is 2.52 bits per heavy atom. The van der Waals surface area contributed by atoms with Gasteiger partial charge in [-0.05, 0) is 50.0 Å². The van der Waals surface area contributed by atoms with Crippen molar-refractivity contribution >= 4 is 17.7 Å². The van der Waals surface area contributed by atoms with Crippen LogP contribution in [-0.2, 0) is 0 Å². The molecule has 0 bridgehead atoms. The molecule has 0 radical (unpaired) electrons. The number of hydrogen-bond donors (Lipinski definition) is 2. The van der Waals surface area contributed by atoms with Crippen LogP contribution in [-0.4, -0.2) is 62.1 Å². The third-order valence-corrected chi connectivity index (χ3v) is 5.91. The normalized spacial score (nSPS) is 22.3. The van der Waals surface area contributed by atoms with E-state index >= 15 is 0 Å². The van der Waals surface area contributed by atoms with Crippen molar-refractivity contribution in [3.8, 4) is 0 Å². The van der Waals surface area contributed by atoms with E-state index in [0.29, 0.717) is 6.04 Å². The van der Waals surface area contributed by atoms with Crippen LogP contribution in [0.1, 0.15) is 51.4 Å². The predicted molar refractivity (Wildman–Crippen MR) is 104 cm³/mol. The second kappa shape index (κ2) is 11.2. The molecule has 2 aliphatic rings. The fourth-order valence-corrected chi connectivity index (χ4v) is 4.24. The van der Waals surface area contributed by atoms with Crippen LogP contribution in [0.15, 0.2) is 4.99 Å². The van der Waals surface area contributed by atoms with Crippen LogP contribution in [0.5, 0.6) is 0 Å². The van der Waals surface area contributed by atoms with Crippen molar-refractivity contribution in [2.24, 2.45) is 10.9 Å². The third-order valence-electron chi connectivity index (χ3n) is 5.21. The van der Waals surface area contributed by atoms with Gasteiger partial charge in [-0.15, -0.1) is 0 Å². The molecule has 23 heavy (non-hydrogen) atoms. The van der Waals surface area contributed by atoms with Crippen molar-refractivity contribution in [1.82, 2.24) is 15.5 Å². The molecule has 1 heterocycles. The van der Waals surface area contributed by atoms with Gasteiger partial charge in [-0.2, -0.15) is 11.8 Å². The minimum Gasteiger partial charge on any atom is -0.356 e. The van der Waals surface area contributed by atoms with Gasteiger partial charge in [-0.25, -0.2) is 0 Å². The monoisotopic (exact) mass is 340 g/mol. The molecule has 0 unspecified atom stereocenters. The summed E-state index contributed by atoms with van der Waals surface area (Å²) < 4.78 is 0. The van der Waals surface area contributed by atoms with Gasteiger partial charge in [0, 0.05) is 39.3 Å². The second-order valence-electron chi connectivity index (χ2n) is 7.07. The minimum atomic E-state index is 0.587. The van der Waals surface area contributed by atoms with Crippen LogP contribution in [0.3, 0.4) is 0 Å². The number of nitrogens with one attached hydrogen (secondary N) is 2. The average Bonchev–Trinajstić information content (AvgIpc) is 2.60. The first-order chi connectivity index (χ1) is 11.3. The summed E-state index contributed by atoms with van der Waals surface area (Å²) in [6.07, 6.45) is 13.2. The maximum atomic E-state index is 4.37. The molecule has 5 heteroatoms. The molecule has 4 nitrogen and oxygen atoms in total. The summed E-state index contributed by atoms with van der Waals surface area (Å²) in [5, 5.41) is 7.05. The molecule has 0 atom stereocenters. The van der Waals surface area contributed by atoms with Crippen LogP contribution in [0.25, 0.3) is 0 Å². The number of rotatable bonds is 7. The average molecular weight is 341 g/mol. The van der Waals surface area contributed by atoms with Crippen LogP contribution < -0.4 is 10.6 Å². The fraction of sp³-hybridized carbons (Fsp3) is 0.944. The van der Waals surface area contributed by atoms with E-state index in [1.807, 2.05) is 18.8 Å². The fourth-order valence-electron chi connectivity index (χ4n) is 3.81. The van der Waals surface area contributed by atoms with Crippen molar-refractivity contribution in [2.45, 2.75) is 57.4 Å². The molecule has 0 spiro atoms. The number of aliphatic imine (C=N–C) groups is 1. The van der Waals surface area contributed by atoms with Crippen LogP contribution in [0.4, 0.5) is 0 Å². The van der Waals surface area contributed by atoms with E-state index in [1.54, 1.807) is 0 Å². The maximum Gasteiger partial charge on any atom is 0.191 e. The summed E-state index contributed by atoms with van der Waals surface area (Å²) in [6.45, 7) is 4.85. The Bertz CT molecular complexity index is 334. The Kier molecular flexibility index (Phi) is 9.20. The van der Waals surface area contributed by atoms with Gasteiger partial charge in [-0.1, -0.05) is 19.3 Å². The number of thioether (sulfide) groups is 1. The Morgan fingerprint density at radius 1 is 1.13 bits per heavy atom. The van der Waals surface area contributed by atoms with Gasteiger partial charge < -0.3 is 15.5 Å². The van der Waals surface area contributed by atoms with E-state index in [0.717, 1.165) is 18.4 Å². The van der Waals surface area contributed by atoms with Gasteiger partial charge in [0.2, 0.25) is 0 Å². The van der Waals surface area contributed by atoms with E-state index in [4.69, 9.17) is 0 Å². The van der Waals surface area contributed by atoms with Crippen molar-refractivity contribution in [1.29, 1.82) is 0 Å². The SMILES string of the molecule is CN=C(NCCCSC)NC1CCN(CC2CCCCC2)CC1. The molecule has 0 aromatic carbocycles. The molecule has 0 aromatic rings. The minimum absolute atomic E-state index is 0.587. The second-order valence-corrected chi connectivity index (χ2v) is 8.05. The smallest absolute Gasteiger partial charge is 0.191 e. The first-order valence-electron chi connectivity index (χ1n) is 9.50. The molecule has 1 saturated heterocycles. The molecule has 1 saturated carbocycles. The lowest BCUT2D eigenvalue weighted by atomic mass is 9.88. The van der Waals surface area contributed by atoms with Crippen molar-refractivity contribution in [3.05, 3.63) is 0 Å². The number of piperidine rings is 1. The van der Waals surface area contributed by atoms with Gasteiger partial charge in [0.05, 0.1) is 0 Å². The number of nitrogens with zero attached hydrogens (tertiary/aromatic N) is 2. The van der Waals surface area contributed by atoms with E-state index in [1.165, 1.54) is 76.8 Å². The van der Waals surface area contributed by atoms with E-state index < -0.39 is 0 Å². The molecule has 0 amide bonds. The number of hydrogen-bond acceptors (Lipinski definition) is 3. The van der Waals surface area contributed by atoms with Gasteiger partial charge in [-0.3, -0.25) is 4.99 Å². The first kappa shape index (κ1) is 18.9. The molecule has 0 aromatic heterocycles. The van der Waals surface area contributed by atoms with E-state index in [9.17, 15) is 0 Å². The Labute approximate surface area is 147 Å². The summed E-state index contributed by atoms with van der Waals surface area (Å²) >= 11 is 1.91. The highest BCUT2D eigenvalue weighted by atomic mass is 32.2. The van der Waals surface area contributed by atoms with E-state index in [2.05, 4.69) is 26.8 Å². The molecule has 2 fully saturated rings. The summed E-state index contributed by atoms with van der Waals surface area (Å²) in [5.74, 6) is 3.17. The van der Waals surface area contributed by atoms with Gasteiger partial charge in [0.25, 0.3) is 0 Å². The molecular weight excluding hydrogens is 304 g/mol. The molecular formula is C18H36N4S. The summed E-state index contributed by atoms with van der Waals surface area (Å²) in [4.78, 5) is 7.06. The number of guanidine groups is 1. The van der Waals surface area contributed by atoms with Crippen LogP contribution in [0, 0.1) is 5.92 Å². The summed E-state index contributed by atoms with van der Waals surface area (Å²) in [6, 6.07) is 0.587. The summed E-state index contributed by atoms with van der Waals surface area (Å²) in [5.41, 5.74) is 0. The van der Waals surface area contributed by atoms with Gasteiger partial charge >= 0.3 is 0 Å². The summed E-state index contributed by atoms with van der Waals surface area (Å²) in [7, 11) is 1.88. The van der Waals surface area contributed by atoms with Gasteiger partial charge in [0.1, 0.15) is 0 Å². The molecule has 134 valence electrons. The largest absolute Gasteiger partial charge is 0.356 e. The first-order valence-corrected chi connectivity index (χ1v) is 10.9. The Hall–Kier alpha value is -0.420. The molecule has 1 aliphatic carbocycles. The maximum absolute atomic E-state index is 4.37. The Balaban J connectivity index is 1.61. The Morgan fingerprint density at radius 2 is 1.87 bits per heavy atom.